The van der Waals surface area contributed by atoms with E-state index in [1.54, 1.807) is 20.8 Å². The lowest BCUT2D eigenvalue weighted by atomic mass is 10.2. The van der Waals surface area contributed by atoms with Crippen molar-refractivity contribution >= 4 is 5.97 Å². The molecule has 0 fully saturated rings. The number of rotatable bonds is 1. The first-order valence-corrected chi connectivity index (χ1v) is 3.15. The Balaban J connectivity index is 3.93. The van der Waals surface area contributed by atoms with Crippen LogP contribution in [0.1, 0.15) is 27.7 Å². The monoisotopic (exact) mass is 141 g/mol. The van der Waals surface area contributed by atoms with Crippen molar-refractivity contribution in [2.75, 3.05) is 0 Å². The second-order valence-electron chi connectivity index (χ2n) is 3.18. The van der Waals surface area contributed by atoms with E-state index < -0.39 is 11.6 Å². The molecular formula is C8H13O2+. The van der Waals surface area contributed by atoms with Crippen molar-refractivity contribution in [3.63, 3.8) is 0 Å². The van der Waals surface area contributed by atoms with E-state index in [9.17, 15) is 4.79 Å². The number of carbonyl (C=O) groups excluding carboxylic acids is 1. The summed E-state index contributed by atoms with van der Waals surface area (Å²) in [6.07, 6.45) is 0. The van der Waals surface area contributed by atoms with Crippen LogP contribution in [-0.2, 0) is 9.53 Å². The van der Waals surface area contributed by atoms with E-state index in [2.05, 4.69) is 0 Å². The molecule has 2 nitrogen and oxygen atoms in total. The first-order chi connectivity index (χ1) is 4.33. The maximum absolute atomic E-state index is 10.8. The summed E-state index contributed by atoms with van der Waals surface area (Å²) >= 11 is 0. The molecule has 0 aromatic rings. The minimum absolute atomic E-state index is 0.190. The lowest BCUT2D eigenvalue weighted by molar-refractivity contribution is -0.149. The fourth-order valence-electron chi connectivity index (χ4n) is 0.359. The Bertz CT molecular complexity index is 151. The van der Waals surface area contributed by atoms with Crippen LogP contribution in [-0.4, -0.2) is 11.6 Å². The van der Waals surface area contributed by atoms with Crippen LogP contribution in [0, 0.1) is 6.58 Å². The molecule has 0 bridgehead atoms. The minimum atomic E-state index is -0.447. The van der Waals surface area contributed by atoms with Gasteiger partial charge in [-0.25, -0.2) is 0 Å². The summed E-state index contributed by atoms with van der Waals surface area (Å²) in [5.74, 6) is -0.438. The number of esters is 1. The van der Waals surface area contributed by atoms with Crippen LogP contribution in [0.3, 0.4) is 0 Å². The average Bonchev–Trinajstić information content (AvgIpc) is 1.60. The van der Waals surface area contributed by atoms with Gasteiger partial charge in [-0.15, -0.1) is 4.79 Å². The third-order valence-electron chi connectivity index (χ3n) is 0.721. The van der Waals surface area contributed by atoms with Crippen LogP contribution in [0.4, 0.5) is 0 Å². The predicted molar refractivity (Wildman–Crippen MR) is 39.3 cm³/mol. The van der Waals surface area contributed by atoms with Crippen LogP contribution in [0.15, 0.2) is 5.57 Å². The molecule has 0 saturated heterocycles. The Labute approximate surface area is 61.9 Å². The zero-order chi connectivity index (χ0) is 8.36. The molecule has 56 valence electrons. The van der Waals surface area contributed by atoms with Gasteiger partial charge in [-0.1, -0.05) is 0 Å². The Morgan fingerprint density at radius 1 is 1.40 bits per heavy atom. The minimum Gasteiger partial charge on any atom is -0.367 e. The SMILES string of the molecule is [CH+]=C(C)C(=O)OC(C)(C)C. The summed E-state index contributed by atoms with van der Waals surface area (Å²) in [4.78, 5) is 10.8. The zero-order valence-electron chi connectivity index (χ0n) is 6.89. The molecule has 0 amide bonds. The van der Waals surface area contributed by atoms with Crippen LogP contribution < -0.4 is 0 Å². The van der Waals surface area contributed by atoms with Gasteiger partial charge in [0.2, 0.25) is 5.57 Å². The van der Waals surface area contributed by atoms with Crippen molar-refractivity contribution in [2.24, 2.45) is 0 Å². The molecule has 0 aromatic carbocycles. The highest BCUT2D eigenvalue weighted by Gasteiger charge is 2.24. The Morgan fingerprint density at radius 2 is 1.80 bits per heavy atom. The second kappa shape index (κ2) is 2.80. The lowest BCUT2D eigenvalue weighted by Crippen LogP contribution is -2.23. The molecule has 10 heavy (non-hydrogen) atoms. The number of ether oxygens (including phenoxy) is 1. The average molecular weight is 141 g/mol. The molecule has 0 saturated carbocycles. The van der Waals surface area contributed by atoms with E-state index >= 15 is 0 Å². The molecule has 0 heterocycles. The smallest absolute Gasteiger partial charge is 0.367 e. The summed E-state index contributed by atoms with van der Waals surface area (Å²) in [6.45, 7) is 12.1. The van der Waals surface area contributed by atoms with Crippen LogP contribution in [0.5, 0.6) is 0 Å². The summed E-state index contributed by atoms with van der Waals surface area (Å²) < 4.78 is 4.90. The molecule has 0 spiro atoms. The summed E-state index contributed by atoms with van der Waals surface area (Å²) in [5, 5.41) is 0. The fourth-order valence-corrected chi connectivity index (χ4v) is 0.359. The van der Waals surface area contributed by atoms with Crippen LogP contribution >= 0.6 is 0 Å². The van der Waals surface area contributed by atoms with Gasteiger partial charge in [0.05, 0.1) is 6.58 Å². The maximum atomic E-state index is 10.8. The highest BCUT2D eigenvalue weighted by atomic mass is 16.6. The Morgan fingerprint density at radius 3 is 1.90 bits per heavy atom. The van der Waals surface area contributed by atoms with Crippen molar-refractivity contribution < 1.29 is 9.53 Å². The molecule has 2 heteroatoms. The molecule has 0 aliphatic carbocycles. The van der Waals surface area contributed by atoms with Crippen molar-refractivity contribution in [1.82, 2.24) is 0 Å². The predicted octanol–water partition coefficient (Wildman–Crippen LogP) is 1.71. The Hall–Kier alpha value is -0.880. The third kappa shape index (κ3) is 4.04. The summed E-state index contributed by atoms with van der Waals surface area (Å²) in [5.41, 5.74) is -0.257. The fraction of sp³-hybridized carbons (Fsp3) is 0.625. The molecule has 0 radical (unpaired) electrons. The lowest BCUT2D eigenvalue weighted by Gasteiger charge is -2.13. The molecule has 0 atom stereocenters. The molecule has 0 unspecified atom stereocenters. The first kappa shape index (κ1) is 9.12. The van der Waals surface area contributed by atoms with Crippen LogP contribution in [0.2, 0.25) is 0 Å². The van der Waals surface area contributed by atoms with Crippen molar-refractivity contribution in [2.45, 2.75) is 33.3 Å². The molecule has 0 rings (SSSR count). The van der Waals surface area contributed by atoms with Crippen molar-refractivity contribution in [3.05, 3.63) is 12.2 Å². The number of carbonyl (C=O) groups is 1. The first-order valence-electron chi connectivity index (χ1n) is 3.15. The molecule has 0 aliphatic rings. The Kier molecular flexibility index (Phi) is 2.56. The van der Waals surface area contributed by atoms with Crippen molar-refractivity contribution in [1.29, 1.82) is 0 Å². The summed E-state index contributed by atoms with van der Waals surface area (Å²) in [6, 6.07) is 0. The second-order valence-corrected chi connectivity index (χ2v) is 3.18. The highest BCUT2D eigenvalue weighted by molar-refractivity contribution is 5.86. The standard InChI is InChI=1S/C8H13O2/c1-6(2)7(9)10-8(3,4)5/h1H,2-5H3/q+1. The largest absolute Gasteiger partial charge is 0.487 e. The third-order valence-corrected chi connectivity index (χ3v) is 0.721. The maximum Gasteiger partial charge on any atom is 0.487 e. The molecular weight excluding hydrogens is 128 g/mol. The van der Waals surface area contributed by atoms with E-state index in [1.807, 2.05) is 0 Å². The van der Waals surface area contributed by atoms with Gasteiger partial charge in [-0.2, -0.15) is 0 Å². The van der Waals surface area contributed by atoms with Gasteiger partial charge < -0.3 is 4.74 Å². The highest BCUT2D eigenvalue weighted by Crippen LogP contribution is 2.08. The van der Waals surface area contributed by atoms with E-state index in [0.717, 1.165) is 0 Å². The van der Waals surface area contributed by atoms with E-state index in [1.165, 1.54) is 6.92 Å². The van der Waals surface area contributed by atoms with Crippen molar-refractivity contribution in [3.8, 4) is 0 Å². The van der Waals surface area contributed by atoms with Gasteiger partial charge in [-0.3, -0.25) is 0 Å². The molecule has 0 N–H and O–H groups in total. The van der Waals surface area contributed by atoms with Crippen LogP contribution in [0.25, 0.3) is 0 Å². The molecule has 0 aromatic heterocycles. The van der Waals surface area contributed by atoms with E-state index in [0.29, 0.717) is 0 Å². The quantitative estimate of drug-likeness (QED) is 0.315. The van der Waals surface area contributed by atoms with Gasteiger partial charge in [-0.05, 0) is 20.8 Å². The van der Waals surface area contributed by atoms with Gasteiger partial charge in [0.1, 0.15) is 5.60 Å². The van der Waals surface area contributed by atoms with Gasteiger partial charge in [0, 0.05) is 6.92 Å². The van der Waals surface area contributed by atoms with Gasteiger partial charge in [0.15, 0.2) is 0 Å². The van der Waals surface area contributed by atoms with E-state index in [4.69, 9.17) is 11.3 Å². The molecule has 0 aliphatic heterocycles. The number of hydrogen-bond acceptors (Lipinski definition) is 2. The normalized spacial score (nSPS) is 10.7. The zero-order valence-corrected chi connectivity index (χ0v) is 6.89. The number of hydrogen-bond donors (Lipinski definition) is 0. The topological polar surface area (TPSA) is 26.3 Å². The van der Waals surface area contributed by atoms with E-state index in [-0.39, 0.29) is 5.57 Å². The summed E-state index contributed by atoms with van der Waals surface area (Å²) in [7, 11) is 0. The van der Waals surface area contributed by atoms with Gasteiger partial charge >= 0.3 is 5.97 Å². The van der Waals surface area contributed by atoms with Gasteiger partial charge in [0.25, 0.3) is 0 Å².